The van der Waals surface area contributed by atoms with Crippen LogP contribution in [0, 0.1) is 0 Å². The molecule has 5 nitrogen and oxygen atoms in total. The molecule has 1 aliphatic heterocycles. The second-order valence-corrected chi connectivity index (χ2v) is 7.08. The second-order valence-electron chi connectivity index (χ2n) is 4.38. The molecule has 1 aromatic carbocycles. The van der Waals surface area contributed by atoms with Gasteiger partial charge in [-0.1, -0.05) is 23.7 Å². The normalized spacial score (nSPS) is 17.0. The third-order valence-electron chi connectivity index (χ3n) is 3.19. The van der Waals surface area contributed by atoms with Crippen LogP contribution in [-0.2, 0) is 10.0 Å². The van der Waals surface area contributed by atoms with E-state index in [2.05, 4.69) is 5.32 Å². The highest BCUT2D eigenvalue weighted by molar-refractivity contribution is 7.89. The van der Waals surface area contributed by atoms with Crippen LogP contribution in [-0.4, -0.2) is 56.0 Å². The minimum atomic E-state index is -3.54. The number of nitrogens with zero attached hydrogens (tertiary/aromatic N) is 2. The second kappa shape index (κ2) is 6.26. The molecule has 8 heteroatoms. The highest BCUT2D eigenvalue weighted by Crippen LogP contribution is 2.24. The van der Waals surface area contributed by atoms with Gasteiger partial charge in [0.25, 0.3) is 0 Å². The zero-order chi connectivity index (χ0) is 14.8. The van der Waals surface area contributed by atoms with Crippen molar-refractivity contribution in [3.8, 4) is 0 Å². The third-order valence-corrected chi connectivity index (χ3v) is 6.05. The summed E-state index contributed by atoms with van der Waals surface area (Å²) in [6, 6.07) is 6.50. The van der Waals surface area contributed by atoms with Crippen LogP contribution >= 0.6 is 23.8 Å². The molecule has 0 atom stereocenters. The number of rotatable bonds is 2. The minimum Gasteiger partial charge on any atom is -0.366 e. The molecule has 20 heavy (non-hydrogen) atoms. The van der Waals surface area contributed by atoms with Crippen LogP contribution in [0.25, 0.3) is 0 Å². The molecule has 2 rings (SSSR count). The lowest BCUT2D eigenvalue weighted by atomic mass is 10.4. The Labute approximate surface area is 129 Å². The first-order valence-electron chi connectivity index (χ1n) is 6.18. The molecular weight excluding hydrogens is 318 g/mol. The van der Waals surface area contributed by atoms with Crippen molar-refractivity contribution < 1.29 is 8.42 Å². The van der Waals surface area contributed by atoms with Gasteiger partial charge in [-0.25, -0.2) is 8.42 Å². The summed E-state index contributed by atoms with van der Waals surface area (Å²) in [5.41, 5.74) is 0. The summed E-state index contributed by atoms with van der Waals surface area (Å²) in [6.45, 7) is 1.94. The van der Waals surface area contributed by atoms with Gasteiger partial charge in [-0.2, -0.15) is 4.31 Å². The Balaban J connectivity index is 2.14. The van der Waals surface area contributed by atoms with E-state index in [4.69, 9.17) is 23.8 Å². The minimum absolute atomic E-state index is 0.159. The number of sulfonamides is 1. The average Bonchev–Trinajstić information content (AvgIpc) is 2.47. The zero-order valence-electron chi connectivity index (χ0n) is 11.0. The van der Waals surface area contributed by atoms with Gasteiger partial charge in [0.15, 0.2) is 5.11 Å². The van der Waals surface area contributed by atoms with Gasteiger partial charge in [0.05, 0.1) is 5.02 Å². The molecule has 0 aromatic heterocycles. The van der Waals surface area contributed by atoms with E-state index >= 15 is 0 Å². The number of benzene rings is 1. The van der Waals surface area contributed by atoms with Crippen LogP contribution in [0.3, 0.4) is 0 Å². The van der Waals surface area contributed by atoms with Crippen LogP contribution in [0.1, 0.15) is 0 Å². The Morgan fingerprint density at radius 1 is 1.25 bits per heavy atom. The van der Waals surface area contributed by atoms with Gasteiger partial charge in [0.1, 0.15) is 4.90 Å². The maximum atomic E-state index is 12.5. The lowest BCUT2D eigenvalue weighted by Crippen LogP contribution is -2.52. The average molecular weight is 334 g/mol. The van der Waals surface area contributed by atoms with E-state index in [0.29, 0.717) is 31.3 Å². The molecule has 0 amide bonds. The number of hydrogen-bond donors (Lipinski definition) is 1. The van der Waals surface area contributed by atoms with E-state index in [1.54, 1.807) is 25.2 Å². The maximum absolute atomic E-state index is 12.5. The van der Waals surface area contributed by atoms with Gasteiger partial charge in [-0.3, -0.25) is 0 Å². The molecule has 0 aliphatic carbocycles. The predicted octanol–water partition coefficient (Wildman–Crippen LogP) is 1.15. The lowest BCUT2D eigenvalue weighted by molar-refractivity contribution is 0.265. The molecule has 1 fully saturated rings. The summed E-state index contributed by atoms with van der Waals surface area (Å²) in [4.78, 5) is 2.11. The summed E-state index contributed by atoms with van der Waals surface area (Å²) in [7, 11) is -1.78. The highest BCUT2D eigenvalue weighted by atomic mass is 35.5. The first-order valence-corrected chi connectivity index (χ1v) is 8.41. The third kappa shape index (κ3) is 3.06. The molecule has 0 spiro atoms. The van der Waals surface area contributed by atoms with E-state index in [1.807, 2.05) is 4.90 Å². The number of thiocarbonyl (C=S) groups is 1. The SMILES string of the molecule is CNC(=S)N1CCN(S(=O)(=O)c2ccccc2Cl)CC1. The van der Waals surface area contributed by atoms with Crippen LogP contribution in [0.5, 0.6) is 0 Å². The van der Waals surface area contributed by atoms with Crippen molar-refractivity contribution in [1.82, 2.24) is 14.5 Å². The van der Waals surface area contributed by atoms with Gasteiger partial charge in [0.2, 0.25) is 10.0 Å². The highest BCUT2D eigenvalue weighted by Gasteiger charge is 2.30. The van der Waals surface area contributed by atoms with E-state index in [1.165, 1.54) is 10.4 Å². The van der Waals surface area contributed by atoms with Crippen molar-refractivity contribution in [3.05, 3.63) is 29.3 Å². The summed E-state index contributed by atoms with van der Waals surface area (Å²) in [5.74, 6) is 0. The van der Waals surface area contributed by atoms with E-state index < -0.39 is 10.0 Å². The number of piperazine rings is 1. The summed E-state index contributed by atoms with van der Waals surface area (Å²) >= 11 is 11.1. The standard InChI is InChI=1S/C12H16ClN3O2S2/c1-14-12(19)15-6-8-16(9-7-15)20(17,18)11-5-3-2-4-10(11)13/h2-5H,6-9H2,1H3,(H,14,19). The van der Waals surface area contributed by atoms with Crippen molar-refractivity contribution in [2.24, 2.45) is 0 Å². The molecule has 0 saturated carbocycles. The molecule has 0 unspecified atom stereocenters. The Bertz CT molecular complexity index is 598. The summed E-state index contributed by atoms with van der Waals surface area (Å²) in [6.07, 6.45) is 0. The fourth-order valence-electron chi connectivity index (χ4n) is 2.08. The molecule has 1 aromatic rings. The first-order chi connectivity index (χ1) is 9.46. The molecule has 1 heterocycles. The summed E-state index contributed by atoms with van der Waals surface area (Å²) < 4.78 is 26.5. The molecule has 110 valence electrons. The monoisotopic (exact) mass is 333 g/mol. The van der Waals surface area contributed by atoms with E-state index in [9.17, 15) is 8.42 Å². The van der Waals surface area contributed by atoms with Crippen LogP contribution in [0.15, 0.2) is 29.2 Å². The largest absolute Gasteiger partial charge is 0.366 e. The topological polar surface area (TPSA) is 52.6 Å². The number of nitrogens with one attached hydrogen (secondary N) is 1. The van der Waals surface area contributed by atoms with Crippen LogP contribution in [0.2, 0.25) is 5.02 Å². The smallest absolute Gasteiger partial charge is 0.244 e. The van der Waals surface area contributed by atoms with E-state index in [-0.39, 0.29) is 9.92 Å². The molecule has 1 aliphatic rings. The molecule has 1 saturated heterocycles. The Hall–Kier alpha value is -0.890. The number of hydrogen-bond acceptors (Lipinski definition) is 3. The Morgan fingerprint density at radius 2 is 1.85 bits per heavy atom. The Morgan fingerprint density at radius 3 is 2.40 bits per heavy atom. The van der Waals surface area contributed by atoms with Gasteiger partial charge >= 0.3 is 0 Å². The van der Waals surface area contributed by atoms with Crippen molar-refractivity contribution >= 4 is 39.0 Å². The number of halogens is 1. The quantitative estimate of drug-likeness (QED) is 0.823. The zero-order valence-corrected chi connectivity index (χ0v) is 13.4. The molecule has 0 radical (unpaired) electrons. The van der Waals surface area contributed by atoms with Crippen LogP contribution in [0.4, 0.5) is 0 Å². The van der Waals surface area contributed by atoms with Crippen LogP contribution < -0.4 is 5.32 Å². The maximum Gasteiger partial charge on any atom is 0.244 e. The fraction of sp³-hybridized carbons (Fsp3) is 0.417. The van der Waals surface area contributed by atoms with Gasteiger partial charge in [0, 0.05) is 33.2 Å². The summed E-state index contributed by atoms with van der Waals surface area (Å²) in [5, 5.41) is 3.79. The molecule has 0 bridgehead atoms. The fourth-order valence-corrected chi connectivity index (χ4v) is 4.18. The van der Waals surface area contributed by atoms with Gasteiger partial charge < -0.3 is 10.2 Å². The molecular formula is C12H16ClN3O2S2. The Kier molecular flexibility index (Phi) is 4.85. The van der Waals surface area contributed by atoms with Crippen molar-refractivity contribution in [2.45, 2.75) is 4.90 Å². The predicted molar refractivity (Wildman–Crippen MR) is 83.4 cm³/mol. The van der Waals surface area contributed by atoms with Crippen molar-refractivity contribution in [2.75, 3.05) is 33.2 Å². The van der Waals surface area contributed by atoms with E-state index in [0.717, 1.165) is 0 Å². The van der Waals surface area contributed by atoms with Crippen molar-refractivity contribution in [1.29, 1.82) is 0 Å². The molecule has 1 N–H and O–H groups in total. The first kappa shape index (κ1) is 15.5. The van der Waals surface area contributed by atoms with Gasteiger partial charge in [-0.15, -0.1) is 0 Å². The van der Waals surface area contributed by atoms with Gasteiger partial charge in [-0.05, 0) is 24.4 Å². The lowest BCUT2D eigenvalue weighted by Gasteiger charge is -2.35. The van der Waals surface area contributed by atoms with Crippen molar-refractivity contribution in [3.63, 3.8) is 0 Å².